The topological polar surface area (TPSA) is 95.0 Å². The van der Waals surface area contributed by atoms with Crippen molar-refractivity contribution in [2.75, 3.05) is 36.1 Å². The fraction of sp³-hybridized carbons (Fsp3) is 0.379. The lowest BCUT2D eigenvalue weighted by Gasteiger charge is -2.18. The molecule has 1 aliphatic carbocycles. The maximum atomic E-state index is 12.9. The largest absolute Gasteiger partial charge is 0.503 e. The van der Waals surface area contributed by atoms with Gasteiger partial charge in [-0.25, -0.2) is 4.99 Å². The summed E-state index contributed by atoms with van der Waals surface area (Å²) in [5.74, 6) is -0.842. The van der Waals surface area contributed by atoms with Crippen LogP contribution in [0.25, 0.3) is 0 Å². The number of aliphatic hydroxyl groups is 1. The monoisotopic (exact) mass is 490 g/mol. The minimum absolute atomic E-state index is 0.137. The number of ketones is 1. The molecule has 36 heavy (non-hydrogen) atoms. The van der Waals surface area contributed by atoms with Crippen molar-refractivity contribution < 1.29 is 14.6 Å². The van der Waals surface area contributed by atoms with Crippen LogP contribution in [0, 0.1) is 0 Å². The van der Waals surface area contributed by atoms with Gasteiger partial charge in [0.2, 0.25) is 11.5 Å². The predicted octanol–water partition coefficient (Wildman–Crippen LogP) is 6.96. The molecule has 0 saturated carbocycles. The Morgan fingerprint density at radius 3 is 2.00 bits per heavy atom. The molecule has 0 saturated heterocycles. The molecule has 0 heterocycles. The highest BCUT2D eigenvalue weighted by Crippen LogP contribution is 2.25. The molecule has 0 aromatic heterocycles. The van der Waals surface area contributed by atoms with Crippen LogP contribution in [0.5, 0.6) is 0 Å². The fourth-order valence-electron chi connectivity index (χ4n) is 3.80. The molecular weight excluding hydrogens is 452 g/mol. The van der Waals surface area contributed by atoms with E-state index in [4.69, 9.17) is 4.74 Å². The number of aliphatic imine (C=N–C) groups is 1. The SMILES string of the molecule is CCCCCCNc1ccc(NC2=CC(=Nc3ccc(NCCCC)cc3)C(=O)C(OC)=C2O)cc1. The van der Waals surface area contributed by atoms with Crippen molar-refractivity contribution in [3.8, 4) is 0 Å². The first-order valence-electron chi connectivity index (χ1n) is 12.8. The quantitative estimate of drug-likeness (QED) is 0.169. The molecule has 7 heteroatoms. The number of nitrogens with one attached hydrogen (secondary N) is 3. The van der Waals surface area contributed by atoms with Crippen LogP contribution in [-0.4, -0.2) is 36.8 Å². The van der Waals surface area contributed by atoms with Crippen LogP contribution in [0.3, 0.4) is 0 Å². The van der Waals surface area contributed by atoms with E-state index in [1.165, 1.54) is 26.4 Å². The first kappa shape index (κ1) is 26.9. The van der Waals surface area contributed by atoms with Crippen molar-refractivity contribution in [3.05, 3.63) is 71.8 Å². The van der Waals surface area contributed by atoms with Gasteiger partial charge in [0.25, 0.3) is 0 Å². The Balaban J connectivity index is 1.72. The second-order valence-electron chi connectivity index (χ2n) is 8.78. The molecule has 4 N–H and O–H groups in total. The normalized spacial score (nSPS) is 14.6. The van der Waals surface area contributed by atoms with E-state index in [0.29, 0.717) is 11.4 Å². The van der Waals surface area contributed by atoms with E-state index in [2.05, 4.69) is 34.8 Å². The first-order valence-corrected chi connectivity index (χ1v) is 12.8. The average Bonchev–Trinajstić information content (AvgIpc) is 2.89. The second-order valence-corrected chi connectivity index (χ2v) is 8.78. The number of hydrogen-bond donors (Lipinski definition) is 4. The summed E-state index contributed by atoms with van der Waals surface area (Å²) in [6.45, 7) is 6.22. The summed E-state index contributed by atoms with van der Waals surface area (Å²) in [5.41, 5.74) is 4.00. The van der Waals surface area contributed by atoms with Crippen molar-refractivity contribution in [1.29, 1.82) is 0 Å². The van der Waals surface area contributed by atoms with E-state index in [0.717, 1.165) is 49.4 Å². The van der Waals surface area contributed by atoms with Crippen molar-refractivity contribution in [2.45, 2.75) is 52.4 Å². The number of benzene rings is 2. The summed E-state index contributed by atoms with van der Waals surface area (Å²) in [7, 11) is 1.36. The molecule has 0 aliphatic heterocycles. The summed E-state index contributed by atoms with van der Waals surface area (Å²) in [6, 6.07) is 15.4. The lowest BCUT2D eigenvalue weighted by molar-refractivity contribution is -0.112. The zero-order chi connectivity index (χ0) is 25.8. The van der Waals surface area contributed by atoms with E-state index < -0.39 is 5.78 Å². The number of ether oxygens (including phenoxy) is 1. The van der Waals surface area contributed by atoms with Crippen LogP contribution >= 0.6 is 0 Å². The van der Waals surface area contributed by atoms with E-state index in [1.807, 2.05) is 48.5 Å². The summed E-state index contributed by atoms with van der Waals surface area (Å²) in [5, 5.41) is 20.6. The van der Waals surface area contributed by atoms with Gasteiger partial charge in [-0.2, -0.15) is 0 Å². The van der Waals surface area contributed by atoms with Crippen molar-refractivity contribution >= 4 is 34.2 Å². The van der Waals surface area contributed by atoms with Gasteiger partial charge in [-0.1, -0.05) is 39.5 Å². The molecule has 1 aliphatic rings. The maximum Gasteiger partial charge on any atom is 0.249 e. The molecule has 0 spiro atoms. The van der Waals surface area contributed by atoms with Gasteiger partial charge in [-0.15, -0.1) is 0 Å². The minimum Gasteiger partial charge on any atom is -0.503 e. The van der Waals surface area contributed by atoms with Gasteiger partial charge in [0, 0.05) is 30.2 Å². The van der Waals surface area contributed by atoms with Crippen molar-refractivity contribution in [3.63, 3.8) is 0 Å². The molecule has 0 atom stereocenters. The highest BCUT2D eigenvalue weighted by Gasteiger charge is 2.28. The molecule has 0 unspecified atom stereocenters. The predicted molar refractivity (Wildman–Crippen MR) is 149 cm³/mol. The Morgan fingerprint density at radius 2 is 1.39 bits per heavy atom. The number of rotatable bonds is 14. The maximum absolute atomic E-state index is 12.9. The molecule has 0 bridgehead atoms. The first-order chi connectivity index (χ1) is 17.5. The standard InChI is InChI=1S/C29H38N4O3/c1-4-6-8-9-19-31-22-12-16-24(17-13-22)33-26-20-25(27(34)29(36-3)28(26)35)32-23-14-10-21(11-15-23)30-18-7-5-2/h10-17,20,30-31,33,35H,4-9,18-19H2,1-3H3. The van der Waals surface area contributed by atoms with Gasteiger partial charge < -0.3 is 25.8 Å². The minimum atomic E-state index is -0.465. The lowest BCUT2D eigenvalue weighted by atomic mass is 10.0. The Morgan fingerprint density at radius 1 is 0.806 bits per heavy atom. The molecule has 3 rings (SSSR count). The Bertz CT molecular complexity index is 1090. The van der Waals surface area contributed by atoms with Gasteiger partial charge in [0.1, 0.15) is 5.71 Å². The van der Waals surface area contributed by atoms with Crippen LogP contribution in [0.4, 0.5) is 22.7 Å². The number of aliphatic hydroxyl groups excluding tert-OH is 1. The number of methoxy groups -OCH3 is 1. The number of Topliss-reactive ketones (excluding diaryl/α,β-unsaturated/α-hetero) is 1. The third kappa shape index (κ3) is 7.63. The molecule has 0 fully saturated rings. The number of anilines is 3. The number of carbonyl (C=O) groups is 1. The zero-order valence-electron chi connectivity index (χ0n) is 21.6. The molecular formula is C29H38N4O3. The summed E-state index contributed by atoms with van der Waals surface area (Å²) >= 11 is 0. The number of hydrogen-bond acceptors (Lipinski definition) is 7. The molecule has 0 radical (unpaired) electrons. The van der Waals surface area contributed by atoms with E-state index in [1.54, 1.807) is 6.08 Å². The summed E-state index contributed by atoms with van der Waals surface area (Å²) < 4.78 is 5.22. The van der Waals surface area contributed by atoms with Crippen LogP contribution in [-0.2, 0) is 9.53 Å². The number of carbonyl (C=O) groups excluding carboxylic acids is 1. The Kier molecular flexibility index (Phi) is 10.4. The van der Waals surface area contributed by atoms with Crippen LogP contribution in [0.15, 0.2) is 76.8 Å². The van der Waals surface area contributed by atoms with E-state index >= 15 is 0 Å². The second kappa shape index (κ2) is 14.0. The van der Waals surface area contributed by atoms with Crippen LogP contribution < -0.4 is 16.0 Å². The van der Waals surface area contributed by atoms with Gasteiger partial charge in [-0.3, -0.25) is 4.79 Å². The van der Waals surface area contributed by atoms with E-state index in [-0.39, 0.29) is 17.2 Å². The molecule has 0 amide bonds. The van der Waals surface area contributed by atoms with Gasteiger partial charge in [-0.05, 0) is 67.4 Å². The van der Waals surface area contributed by atoms with Gasteiger partial charge in [0.05, 0.1) is 18.5 Å². The third-order valence-electron chi connectivity index (χ3n) is 5.89. The highest BCUT2D eigenvalue weighted by molar-refractivity contribution is 6.50. The summed E-state index contributed by atoms with van der Waals surface area (Å²) in [4.78, 5) is 17.4. The third-order valence-corrected chi connectivity index (χ3v) is 5.89. The van der Waals surface area contributed by atoms with Crippen molar-refractivity contribution in [1.82, 2.24) is 0 Å². The summed E-state index contributed by atoms with van der Waals surface area (Å²) in [6.07, 6.45) is 8.64. The van der Waals surface area contributed by atoms with Crippen molar-refractivity contribution in [2.24, 2.45) is 4.99 Å². The lowest BCUT2D eigenvalue weighted by Crippen LogP contribution is -2.25. The van der Waals surface area contributed by atoms with Gasteiger partial charge >= 0.3 is 0 Å². The zero-order valence-corrected chi connectivity index (χ0v) is 21.6. The number of nitrogens with zero attached hydrogens (tertiary/aromatic N) is 1. The van der Waals surface area contributed by atoms with E-state index in [9.17, 15) is 9.90 Å². The fourth-order valence-corrected chi connectivity index (χ4v) is 3.80. The molecule has 2 aromatic rings. The average molecular weight is 491 g/mol. The Hall–Kier alpha value is -3.74. The van der Waals surface area contributed by atoms with Crippen LogP contribution in [0.1, 0.15) is 52.4 Å². The Labute approximate surface area is 214 Å². The van der Waals surface area contributed by atoms with Gasteiger partial charge in [0.15, 0.2) is 5.76 Å². The molecule has 7 nitrogen and oxygen atoms in total. The molecule has 2 aromatic carbocycles. The highest BCUT2D eigenvalue weighted by atomic mass is 16.5. The number of unbranched alkanes of at least 4 members (excludes halogenated alkanes) is 4. The number of allylic oxidation sites excluding steroid dienone is 2. The smallest absolute Gasteiger partial charge is 0.249 e. The molecule has 192 valence electrons. The van der Waals surface area contributed by atoms with Crippen LogP contribution in [0.2, 0.25) is 0 Å².